The number of nitrogens with one attached hydrogen (secondary N) is 1. The third-order valence-corrected chi connectivity index (χ3v) is 7.26. The number of aromatic hydroxyl groups is 1. The SMILES string of the molecule is CC(=O)NCc1cc(O)c2c(c1F)C[C@H]1C[C@H]3[C@H](N(C)C)C(=O)C(C(N)=O)=C(O)[C@@]3(O)C(=O)C1=C2O. The van der Waals surface area contributed by atoms with Gasteiger partial charge < -0.3 is 31.5 Å². The smallest absolute Gasteiger partial charge is 0.255 e. The fourth-order valence-corrected chi connectivity index (χ4v) is 5.70. The Morgan fingerprint density at radius 1 is 1.25 bits per heavy atom. The van der Waals surface area contributed by atoms with Crippen LogP contribution < -0.4 is 11.1 Å². The summed E-state index contributed by atoms with van der Waals surface area (Å²) in [5.41, 5.74) is 0.746. The van der Waals surface area contributed by atoms with E-state index in [1.807, 2.05) is 0 Å². The first-order valence-electron chi connectivity index (χ1n) is 11.2. The number of aliphatic hydroxyl groups excluding tert-OH is 2. The number of Topliss-reactive ketones (excluding diaryl/α,β-unsaturated/α-hetero) is 2. The van der Waals surface area contributed by atoms with Gasteiger partial charge in [0.05, 0.1) is 11.6 Å². The van der Waals surface area contributed by atoms with Crippen molar-refractivity contribution >= 4 is 29.1 Å². The van der Waals surface area contributed by atoms with Gasteiger partial charge in [0, 0.05) is 36.1 Å². The summed E-state index contributed by atoms with van der Waals surface area (Å²) < 4.78 is 15.4. The quantitative estimate of drug-likeness (QED) is 0.301. The summed E-state index contributed by atoms with van der Waals surface area (Å²) in [5.74, 6) is -9.27. The van der Waals surface area contributed by atoms with Crippen LogP contribution in [0.3, 0.4) is 0 Å². The molecule has 0 saturated heterocycles. The molecule has 4 rings (SSSR count). The van der Waals surface area contributed by atoms with E-state index < -0.39 is 75.5 Å². The average Bonchev–Trinajstić information content (AvgIpc) is 2.77. The van der Waals surface area contributed by atoms with Gasteiger partial charge in [-0.15, -0.1) is 0 Å². The van der Waals surface area contributed by atoms with E-state index in [0.29, 0.717) is 0 Å². The topological polar surface area (TPSA) is 190 Å². The number of benzene rings is 1. The Morgan fingerprint density at radius 2 is 1.89 bits per heavy atom. The molecule has 11 nitrogen and oxygen atoms in total. The minimum Gasteiger partial charge on any atom is -0.508 e. The lowest BCUT2D eigenvalue weighted by Gasteiger charge is -2.50. The fourth-order valence-electron chi connectivity index (χ4n) is 5.70. The van der Waals surface area contributed by atoms with Crippen LogP contribution in [0.15, 0.2) is 23.0 Å². The Morgan fingerprint density at radius 3 is 2.44 bits per heavy atom. The van der Waals surface area contributed by atoms with Crippen LogP contribution in [-0.4, -0.2) is 74.4 Å². The van der Waals surface area contributed by atoms with E-state index in [9.17, 15) is 39.6 Å². The summed E-state index contributed by atoms with van der Waals surface area (Å²) in [6.07, 6.45) is -0.330. The van der Waals surface area contributed by atoms with Crippen LogP contribution in [0.5, 0.6) is 5.75 Å². The minimum absolute atomic E-state index is 0.0398. The van der Waals surface area contributed by atoms with Gasteiger partial charge in [0.2, 0.25) is 11.7 Å². The van der Waals surface area contributed by atoms with Crippen molar-refractivity contribution in [2.75, 3.05) is 14.1 Å². The molecule has 1 saturated carbocycles. The van der Waals surface area contributed by atoms with Crippen LogP contribution in [0.25, 0.3) is 5.76 Å². The van der Waals surface area contributed by atoms with Crippen LogP contribution in [0.4, 0.5) is 4.39 Å². The van der Waals surface area contributed by atoms with Crippen LogP contribution >= 0.6 is 0 Å². The van der Waals surface area contributed by atoms with Gasteiger partial charge in [-0.3, -0.25) is 24.1 Å². The van der Waals surface area contributed by atoms with Gasteiger partial charge in [-0.1, -0.05) is 0 Å². The van der Waals surface area contributed by atoms with Crippen molar-refractivity contribution in [2.45, 2.75) is 38.0 Å². The highest BCUT2D eigenvalue weighted by molar-refractivity contribution is 6.24. The molecular formula is C24H26FN3O8. The molecule has 3 aliphatic rings. The number of ketones is 2. The normalized spacial score (nSPS) is 27.6. The number of hydrogen-bond donors (Lipinski definition) is 6. The first kappa shape index (κ1) is 25.3. The molecule has 0 unspecified atom stereocenters. The van der Waals surface area contributed by atoms with E-state index in [1.165, 1.54) is 25.9 Å². The molecule has 0 radical (unpaired) electrons. The van der Waals surface area contributed by atoms with Gasteiger partial charge in [-0.2, -0.15) is 0 Å². The number of primary amides is 1. The highest BCUT2D eigenvalue weighted by atomic mass is 19.1. The van der Waals surface area contributed by atoms with Gasteiger partial charge in [-0.05, 0) is 38.9 Å². The second-order valence-electron chi connectivity index (χ2n) is 9.59. The zero-order valence-corrected chi connectivity index (χ0v) is 19.8. The molecule has 192 valence electrons. The second-order valence-corrected chi connectivity index (χ2v) is 9.59. The first-order chi connectivity index (χ1) is 16.7. The maximum atomic E-state index is 15.4. The highest BCUT2D eigenvalue weighted by Gasteiger charge is 2.64. The van der Waals surface area contributed by atoms with Crippen molar-refractivity contribution in [3.63, 3.8) is 0 Å². The van der Waals surface area contributed by atoms with Crippen LogP contribution in [0.1, 0.15) is 30.0 Å². The number of halogens is 1. The van der Waals surface area contributed by atoms with Gasteiger partial charge in [0.1, 0.15) is 28.7 Å². The van der Waals surface area contributed by atoms with E-state index >= 15 is 4.39 Å². The van der Waals surface area contributed by atoms with E-state index in [0.717, 1.165) is 6.07 Å². The van der Waals surface area contributed by atoms with E-state index in [-0.39, 0.29) is 41.6 Å². The fraction of sp³-hybridized carbons (Fsp3) is 0.417. The lowest BCUT2D eigenvalue weighted by molar-refractivity contribution is -0.153. The minimum atomic E-state index is -2.76. The molecule has 7 N–H and O–H groups in total. The van der Waals surface area contributed by atoms with E-state index in [4.69, 9.17) is 5.73 Å². The molecule has 3 aliphatic carbocycles. The number of amides is 2. The number of nitrogens with two attached hydrogens (primary N) is 1. The second kappa shape index (κ2) is 8.42. The number of carbonyl (C=O) groups excluding carboxylic acids is 4. The van der Waals surface area contributed by atoms with Gasteiger partial charge in [0.25, 0.3) is 5.91 Å². The number of aliphatic hydroxyl groups is 3. The summed E-state index contributed by atoms with van der Waals surface area (Å²) >= 11 is 0. The molecule has 1 fully saturated rings. The van der Waals surface area contributed by atoms with Crippen molar-refractivity contribution in [3.8, 4) is 5.75 Å². The number of rotatable bonds is 4. The molecule has 1 aromatic carbocycles. The van der Waals surface area contributed by atoms with E-state index in [2.05, 4.69) is 5.32 Å². The van der Waals surface area contributed by atoms with Crippen molar-refractivity contribution in [3.05, 3.63) is 45.5 Å². The van der Waals surface area contributed by atoms with Crippen molar-refractivity contribution in [1.82, 2.24) is 10.2 Å². The lowest BCUT2D eigenvalue weighted by Crippen LogP contribution is -2.65. The molecular weight excluding hydrogens is 477 g/mol. The zero-order chi connectivity index (χ0) is 26.9. The number of phenolic OH excluding ortho intramolecular Hbond substituents is 1. The lowest BCUT2D eigenvalue weighted by atomic mass is 9.57. The van der Waals surface area contributed by atoms with Crippen molar-refractivity contribution < 1.29 is 44.0 Å². The number of fused-ring (bicyclic) bond motifs is 3. The molecule has 0 spiro atoms. The standard InChI is InChI=1S/C24H26FN3O8/c1-8(29)27-7-10-6-13(30)15-11(17(10)25)4-9-5-12-18(28(2)3)20(32)16(23(26)35)22(34)24(12,36)21(33)14(9)19(15)31/h6,9,12,18,30-31,34,36H,4-5,7H2,1-3H3,(H2,26,35)(H,27,29)/t9-,12-,18-,24-/m0/s1. The molecule has 0 bridgehead atoms. The van der Waals surface area contributed by atoms with Crippen molar-refractivity contribution in [1.29, 1.82) is 0 Å². The summed E-state index contributed by atoms with van der Waals surface area (Å²) in [7, 11) is 2.97. The third-order valence-electron chi connectivity index (χ3n) is 7.26. The molecule has 36 heavy (non-hydrogen) atoms. The maximum absolute atomic E-state index is 15.4. The monoisotopic (exact) mass is 503 g/mol. The summed E-state index contributed by atoms with van der Waals surface area (Å²) in [5, 5.41) is 46.3. The Labute approximate surface area is 204 Å². The zero-order valence-electron chi connectivity index (χ0n) is 19.8. The predicted octanol–water partition coefficient (Wildman–Crippen LogP) is -0.261. The first-order valence-corrected chi connectivity index (χ1v) is 11.2. The molecule has 0 aromatic heterocycles. The van der Waals surface area contributed by atoms with Crippen LogP contribution in [-0.2, 0) is 32.1 Å². The Balaban J connectivity index is 1.92. The highest BCUT2D eigenvalue weighted by Crippen LogP contribution is 2.53. The molecule has 0 heterocycles. The van der Waals surface area contributed by atoms with E-state index in [1.54, 1.807) is 0 Å². The Kier molecular flexibility index (Phi) is 5.92. The summed E-state index contributed by atoms with van der Waals surface area (Å²) in [6.45, 7) is 1.02. The largest absolute Gasteiger partial charge is 0.508 e. The van der Waals surface area contributed by atoms with Gasteiger partial charge in [-0.25, -0.2) is 4.39 Å². The third kappa shape index (κ3) is 3.39. The number of nitrogens with zero attached hydrogens (tertiary/aromatic N) is 1. The molecule has 1 aromatic rings. The maximum Gasteiger partial charge on any atom is 0.255 e. The molecule has 2 amide bonds. The van der Waals surface area contributed by atoms with Crippen LogP contribution in [0.2, 0.25) is 0 Å². The Hall–Kier alpha value is -3.77. The summed E-state index contributed by atoms with van der Waals surface area (Å²) in [6, 6.07) is -0.220. The molecule has 4 atom stereocenters. The number of hydrogen-bond acceptors (Lipinski definition) is 9. The Bertz CT molecular complexity index is 1300. The van der Waals surface area contributed by atoms with Gasteiger partial charge >= 0.3 is 0 Å². The average molecular weight is 503 g/mol. The summed E-state index contributed by atoms with van der Waals surface area (Å²) in [4.78, 5) is 51.3. The van der Waals surface area contributed by atoms with Gasteiger partial charge in [0.15, 0.2) is 11.4 Å². The predicted molar refractivity (Wildman–Crippen MR) is 122 cm³/mol. The number of likely N-dealkylation sites (N-methyl/N-ethyl adjacent to an activating group) is 1. The van der Waals surface area contributed by atoms with Crippen LogP contribution in [0, 0.1) is 17.7 Å². The molecule has 0 aliphatic heterocycles. The number of phenols is 1. The molecule has 12 heteroatoms. The number of carbonyl (C=O) groups is 4. The van der Waals surface area contributed by atoms with Crippen molar-refractivity contribution in [2.24, 2.45) is 17.6 Å².